The molecule has 0 bridgehead atoms. The monoisotopic (exact) mass is 443 g/mol. The number of likely N-dealkylation sites (tertiary alicyclic amines) is 1. The summed E-state index contributed by atoms with van der Waals surface area (Å²) in [5.74, 6) is -1.13. The summed E-state index contributed by atoms with van der Waals surface area (Å²) in [6, 6.07) is 5.14. The number of nitrogens with zero attached hydrogens (tertiary/aromatic N) is 5. The van der Waals surface area contributed by atoms with Gasteiger partial charge in [0.15, 0.2) is 5.69 Å². The summed E-state index contributed by atoms with van der Waals surface area (Å²) in [6.07, 6.45) is 1.82. The Morgan fingerprint density at radius 1 is 1.28 bits per heavy atom. The van der Waals surface area contributed by atoms with Gasteiger partial charge in [0.05, 0.1) is 42.8 Å². The van der Waals surface area contributed by atoms with Crippen molar-refractivity contribution in [1.29, 1.82) is 0 Å². The Bertz CT molecular complexity index is 1110. The number of carbonyl (C=O) groups is 2. The number of rotatable bonds is 6. The van der Waals surface area contributed by atoms with Crippen LogP contribution < -0.4 is 5.32 Å². The molecule has 168 valence electrons. The van der Waals surface area contributed by atoms with Crippen molar-refractivity contribution < 1.29 is 18.4 Å². The lowest BCUT2D eigenvalue weighted by Crippen LogP contribution is -2.38. The first-order chi connectivity index (χ1) is 15.3. The Balaban J connectivity index is 1.52. The van der Waals surface area contributed by atoms with Gasteiger partial charge in [0, 0.05) is 18.0 Å². The fourth-order valence-corrected chi connectivity index (χ4v) is 3.76. The van der Waals surface area contributed by atoms with E-state index < -0.39 is 18.0 Å². The maximum absolute atomic E-state index is 14.3. The molecule has 32 heavy (non-hydrogen) atoms. The number of aromatic nitrogens is 5. The van der Waals surface area contributed by atoms with Crippen molar-refractivity contribution in [3.63, 3.8) is 0 Å². The van der Waals surface area contributed by atoms with Crippen LogP contribution in [0.25, 0.3) is 11.3 Å². The van der Waals surface area contributed by atoms with Gasteiger partial charge in [0.2, 0.25) is 0 Å². The molecule has 11 heteroatoms. The molecule has 2 aromatic heterocycles. The number of carbonyl (C=O) groups excluding carboxylic acids is 2. The molecule has 1 aliphatic rings. The highest BCUT2D eigenvalue weighted by molar-refractivity contribution is 6.00. The van der Waals surface area contributed by atoms with E-state index in [0.717, 1.165) is 0 Å². The number of alkyl halides is 1. The van der Waals surface area contributed by atoms with Crippen LogP contribution in [0.15, 0.2) is 36.7 Å². The predicted octanol–water partition coefficient (Wildman–Crippen LogP) is 2.20. The van der Waals surface area contributed by atoms with Crippen molar-refractivity contribution in [2.75, 3.05) is 6.54 Å². The number of hydrogen-bond donors (Lipinski definition) is 2. The molecule has 3 aromatic rings. The maximum Gasteiger partial charge on any atom is 0.273 e. The molecule has 2 N–H and O–H groups in total. The van der Waals surface area contributed by atoms with Crippen LogP contribution in [-0.2, 0) is 6.54 Å². The first-order valence-corrected chi connectivity index (χ1v) is 10.3. The van der Waals surface area contributed by atoms with Gasteiger partial charge in [-0.05, 0) is 38.1 Å². The van der Waals surface area contributed by atoms with Gasteiger partial charge < -0.3 is 10.2 Å². The van der Waals surface area contributed by atoms with Crippen LogP contribution in [0.4, 0.5) is 8.78 Å². The summed E-state index contributed by atoms with van der Waals surface area (Å²) >= 11 is 0. The van der Waals surface area contributed by atoms with Gasteiger partial charge >= 0.3 is 0 Å². The largest absolute Gasteiger partial charge is 0.348 e. The van der Waals surface area contributed by atoms with Gasteiger partial charge in [0.25, 0.3) is 11.8 Å². The molecule has 1 aromatic carbocycles. The van der Waals surface area contributed by atoms with Crippen LogP contribution in [0.5, 0.6) is 0 Å². The van der Waals surface area contributed by atoms with Gasteiger partial charge in [-0.3, -0.25) is 14.7 Å². The molecular formula is C21H23F2N7O2. The fourth-order valence-electron chi connectivity index (χ4n) is 3.76. The van der Waals surface area contributed by atoms with Gasteiger partial charge in [-0.1, -0.05) is 5.21 Å². The summed E-state index contributed by atoms with van der Waals surface area (Å²) in [5, 5.41) is 17.3. The van der Waals surface area contributed by atoms with Gasteiger partial charge in [-0.15, -0.1) is 5.10 Å². The van der Waals surface area contributed by atoms with Crippen LogP contribution in [0, 0.1) is 5.82 Å². The van der Waals surface area contributed by atoms with E-state index in [4.69, 9.17) is 0 Å². The number of benzene rings is 1. The zero-order valence-electron chi connectivity index (χ0n) is 17.6. The smallest absolute Gasteiger partial charge is 0.273 e. The standard InChI is InChI=1S/C21H23F2N7O2/c1-12(2)25-20(31)18-11-29(28-26-18)10-16-7-15(23)9-30(16)21(32)17-8-24-27-19(17)13-3-5-14(22)6-4-13/h3-6,8,11-12,15-16H,7,9-10H2,1-2H3,(H,24,27)(H,25,31). The van der Waals surface area contributed by atoms with Crippen molar-refractivity contribution >= 4 is 11.8 Å². The van der Waals surface area contributed by atoms with Crippen molar-refractivity contribution in [3.05, 3.63) is 53.7 Å². The van der Waals surface area contributed by atoms with Crippen LogP contribution in [0.1, 0.15) is 41.1 Å². The van der Waals surface area contributed by atoms with Crippen LogP contribution in [0.2, 0.25) is 0 Å². The second kappa shape index (κ2) is 8.85. The number of amides is 2. The SMILES string of the molecule is CC(C)NC(=O)c1cn(CC2CC(F)CN2C(=O)c2cn[nH]c2-c2ccc(F)cc2)nn1. The molecule has 9 nitrogen and oxygen atoms in total. The highest BCUT2D eigenvalue weighted by atomic mass is 19.1. The molecular weight excluding hydrogens is 420 g/mol. The second-order valence-corrected chi connectivity index (χ2v) is 8.06. The molecule has 4 rings (SSSR count). The molecule has 0 radical (unpaired) electrons. The number of halogens is 2. The van der Waals surface area contributed by atoms with Crippen molar-refractivity contribution in [2.45, 2.75) is 45.1 Å². The van der Waals surface area contributed by atoms with E-state index in [1.807, 2.05) is 13.8 Å². The molecule has 1 fully saturated rings. The predicted molar refractivity (Wildman–Crippen MR) is 111 cm³/mol. The summed E-state index contributed by atoms with van der Waals surface area (Å²) in [5.41, 5.74) is 1.45. The quantitative estimate of drug-likeness (QED) is 0.607. The minimum atomic E-state index is -1.18. The van der Waals surface area contributed by atoms with Crippen LogP contribution in [0.3, 0.4) is 0 Å². The maximum atomic E-state index is 14.3. The topological polar surface area (TPSA) is 109 Å². The third-order valence-electron chi connectivity index (χ3n) is 5.22. The lowest BCUT2D eigenvalue weighted by molar-refractivity contribution is 0.0715. The van der Waals surface area contributed by atoms with Crippen LogP contribution in [-0.4, -0.2) is 66.7 Å². The summed E-state index contributed by atoms with van der Waals surface area (Å²) in [7, 11) is 0. The third kappa shape index (κ3) is 4.51. The van der Waals surface area contributed by atoms with Crippen molar-refractivity contribution in [3.8, 4) is 11.3 Å². The first-order valence-electron chi connectivity index (χ1n) is 10.3. The molecule has 3 heterocycles. The lowest BCUT2D eigenvalue weighted by atomic mass is 10.1. The van der Waals surface area contributed by atoms with E-state index in [2.05, 4.69) is 25.8 Å². The average molecular weight is 443 g/mol. The third-order valence-corrected chi connectivity index (χ3v) is 5.22. The minimum absolute atomic E-state index is 0.0480. The minimum Gasteiger partial charge on any atom is -0.348 e. The number of hydrogen-bond acceptors (Lipinski definition) is 5. The highest BCUT2D eigenvalue weighted by Gasteiger charge is 2.37. The molecule has 0 saturated carbocycles. The zero-order valence-corrected chi connectivity index (χ0v) is 17.6. The molecule has 0 aliphatic carbocycles. The van der Waals surface area contributed by atoms with E-state index in [1.165, 1.54) is 46.2 Å². The lowest BCUT2D eigenvalue weighted by Gasteiger charge is -2.24. The summed E-state index contributed by atoms with van der Waals surface area (Å²) < 4.78 is 29.0. The molecule has 2 unspecified atom stereocenters. The Morgan fingerprint density at radius 3 is 2.75 bits per heavy atom. The normalized spacial score (nSPS) is 18.3. The fraction of sp³-hybridized carbons (Fsp3) is 0.381. The molecule has 2 atom stereocenters. The Kier molecular flexibility index (Phi) is 5.97. The van der Waals surface area contributed by atoms with E-state index in [9.17, 15) is 18.4 Å². The van der Waals surface area contributed by atoms with Crippen molar-refractivity contribution in [2.24, 2.45) is 0 Å². The number of H-pyrrole nitrogens is 1. The highest BCUT2D eigenvalue weighted by Crippen LogP contribution is 2.28. The van der Waals surface area contributed by atoms with Gasteiger partial charge in [-0.25, -0.2) is 13.5 Å². The van der Waals surface area contributed by atoms with Gasteiger partial charge in [0.1, 0.15) is 12.0 Å². The molecule has 1 saturated heterocycles. The van der Waals surface area contributed by atoms with Crippen LogP contribution >= 0.6 is 0 Å². The van der Waals surface area contributed by atoms with E-state index >= 15 is 0 Å². The Hall–Kier alpha value is -3.63. The second-order valence-electron chi connectivity index (χ2n) is 8.06. The Morgan fingerprint density at radius 2 is 2.03 bits per heavy atom. The Labute approximate surface area is 182 Å². The van der Waals surface area contributed by atoms with Gasteiger partial charge in [-0.2, -0.15) is 5.10 Å². The zero-order chi connectivity index (χ0) is 22.8. The molecule has 0 spiro atoms. The van der Waals surface area contributed by atoms with E-state index in [-0.39, 0.29) is 48.6 Å². The van der Waals surface area contributed by atoms with Crippen molar-refractivity contribution in [1.82, 2.24) is 35.4 Å². The summed E-state index contributed by atoms with van der Waals surface area (Å²) in [4.78, 5) is 26.8. The average Bonchev–Trinajstić information content (AvgIpc) is 3.48. The first kappa shape index (κ1) is 21.6. The van der Waals surface area contributed by atoms with E-state index in [1.54, 1.807) is 0 Å². The van der Waals surface area contributed by atoms with E-state index in [0.29, 0.717) is 11.3 Å². The summed E-state index contributed by atoms with van der Waals surface area (Å²) in [6.45, 7) is 3.80. The number of aromatic amines is 1. The number of nitrogens with one attached hydrogen (secondary N) is 2. The molecule has 2 amide bonds. The molecule has 1 aliphatic heterocycles.